The number of hydrogen-bond donors (Lipinski definition) is 1. The summed E-state index contributed by atoms with van der Waals surface area (Å²) < 4.78 is 1.97. The zero-order valence-electron chi connectivity index (χ0n) is 16.3. The third-order valence-electron chi connectivity index (χ3n) is 5.87. The maximum Gasteiger partial charge on any atom is 0.272 e. The van der Waals surface area contributed by atoms with Gasteiger partial charge < -0.3 is 14.6 Å². The Hall–Kier alpha value is -3.15. The molecular formula is C23H24N4O2. The predicted octanol–water partition coefficient (Wildman–Crippen LogP) is 3.45. The number of nitrogens with one attached hydrogen (secondary N) is 1. The number of rotatable bonds is 5. The van der Waals surface area contributed by atoms with Crippen LogP contribution in [-0.4, -0.2) is 39.2 Å². The van der Waals surface area contributed by atoms with E-state index in [1.54, 1.807) is 0 Å². The molecule has 6 nitrogen and oxygen atoms in total. The summed E-state index contributed by atoms with van der Waals surface area (Å²) in [6, 6.07) is 15.0. The highest BCUT2D eigenvalue weighted by atomic mass is 16.2. The van der Waals surface area contributed by atoms with E-state index in [9.17, 15) is 9.59 Å². The van der Waals surface area contributed by atoms with Crippen LogP contribution in [-0.2, 0) is 0 Å². The van der Waals surface area contributed by atoms with E-state index in [1.165, 1.54) is 12.8 Å². The van der Waals surface area contributed by atoms with E-state index in [0.717, 1.165) is 24.2 Å². The fraction of sp³-hybridized carbons (Fsp3) is 0.348. The number of imidazole rings is 1. The van der Waals surface area contributed by atoms with Gasteiger partial charge in [0.2, 0.25) is 0 Å². The Morgan fingerprint density at radius 2 is 1.83 bits per heavy atom. The zero-order chi connectivity index (χ0) is 19.8. The molecule has 1 N–H and O–H groups in total. The monoisotopic (exact) mass is 388 g/mol. The molecule has 2 aliphatic rings. The lowest BCUT2D eigenvalue weighted by atomic mass is 10.1. The molecule has 5 rings (SSSR count). The summed E-state index contributed by atoms with van der Waals surface area (Å²) in [5.74, 6) is 1.26. The van der Waals surface area contributed by atoms with Crippen LogP contribution in [0.4, 0.5) is 0 Å². The van der Waals surface area contributed by atoms with Crippen molar-refractivity contribution in [2.45, 2.75) is 31.7 Å². The van der Waals surface area contributed by atoms with Crippen molar-refractivity contribution < 1.29 is 9.59 Å². The number of pyridine rings is 1. The van der Waals surface area contributed by atoms with Gasteiger partial charge in [0, 0.05) is 24.8 Å². The second-order valence-corrected chi connectivity index (χ2v) is 7.95. The number of hydrogen-bond acceptors (Lipinski definition) is 3. The van der Waals surface area contributed by atoms with E-state index >= 15 is 0 Å². The molecular weight excluding hydrogens is 364 g/mol. The minimum atomic E-state index is -0.136. The van der Waals surface area contributed by atoms with Gasteiger partial charge in [-0.05, 0) is 55.9 Å². The maximum atomic E-state index is 13.1. The molecule has 1 atom stereocenters. The fourth-order valence-electron chi connectivity index (χ4n) is 4.13. The summed E-state index contributed by atoms with van der Waals surface area (Å²) in [5.41, 5.74) is 1.91. The van der Waals surface area contributed by atoms with Gasteiger partial charge >= 0.3 is 0 Å². The standard InChI is InChI=1S/C23H24N4O2/c28-22(24-15-16-11-12-16)20-18-9-4-5-13-26(18)21(25-20)19-10-6-14-27(19)23(29)17-7-2-1-3-8-17/h1-5,7-9,13,16,19H,6,10-12,14-15H2,(H,24,28)/t19-/m0/s1. The Morgan fingerprint density at radius 3 is 2.62 bits per heavy atom. The molecule has 1 saturated carbocycles. The van der Waals surface area contributed by atoms with Crippen molar-refractivity contribution in [3.63, 3.8) is 0 Å². The lowest BCUT2D eigenvalue weighted by molar-refractivity contribution is 0.0729. The van der Waals surface area contributed by atoms with Crippen LogP contribution in [0.25, 0.3) is 5.52 Å². The molecule has 2 fully saturated rings. The Morgan fingerprint density at radius 1 is 1.03 bits per heavy atom. The van der Waals surface area contributed by atoms with Crippen LogP contribution in [0, 0.1) is 5.92 Å². The minimum absolute atomic E-state index is 0.0144. The van der Waals surface area contributed by atoms with Crippen LogP contribution >= 0.6 is 0 Å². The van der Waals surface area contributed by atoms with Gasteiger partial charge in [0.25, 0.3) is 11.8 Å². The molecule has 1 aliphatic heterocycles. The van der Waals surface area contributed by atoms with Gasteiger partial charge in [-0.3, -0.25) is 9.59 Å². The Balaban J connectivity index is 1.49. The molecule has 0 spiro atoms. The number of carbonyl (C=O) groups is 2. The fourth-order valence-corrected chi connectivity index (χ4v) is 4.13. The molecule has 0 bridgehead atoms. The number of aromatic nitrogens is 2. The summed E-state index contributed by atoms with van der Waals surface area (Å²) in [6.45, 7) is 1.41. The summed E-state index contributed by atoms with van der Waals surface area (Å²) in [4.78, 5) is 32.5. The number of carbonyl (C=O) groups excluding carboxylic acids is 2. The number of likely N-dealkylation sites (tertiary alicyclic amines) is 1. The lowest BCUT2D eigenvalue weighted by Gasteiger charge is -2.24. The molecule has 1 aromatic carbocycles. The first-order valence-electron chi connectivity index (χ1n) is 10.3. The highest BCUT2D eigenvalue weighted by molar-refractivity contribution is 5.99. The van der Waals surface area contributed by atoms with Gasteiger partial charge in [0.05, 0.1) is 11.6 Å². The number of fused-ring (bicyclic) bond motifs is 1. The summed E-state index contributed by atoms with van der Waals surface area (Å²) in [6.07, 6.45) is 6.07. The van der Waals surface area contributed by atoms with Crippen LogP contribution in [0.15, 0.2) is 54.7 Å². The van der Waals surface area contributed by atoms with Crippen LogP contribution in [0.1, 0.15) is 58.4 Å². The molecule has 3 heterocycles. The van der Waals surface area contributed by atoms with E-state index in [4.69, 9.17) is 4.98 Å². The van der Waals surface area contributed by atoms with Crippen LogP contribution in [0.2, 0.25) is 0 Å². The van der Waals surface area contributed by atoms with Crippen molar-refractivity contribution in [1.29, 1.82) is 0 Å². The molecule has 0 radical (unpaired) electrons. The van der Waals surface area contributed by atoms with Crippen molar-refractivity contribution in [1.82, 2.24) is 19.6 Å². The van der Waals surface area contributed by atoms with Gasteiger partial charge in [-0.15, -0.1) is 0 Å². The Bertz CT molecular complexity index is 1060. The SMILES string of the molecule is O=C(NCC1CC1)c1nc([C@@H]2CCCN2C(=O)c2ccccc2)n2ccccc12. The van der Waals surface area contributed by atoms with Crippen molar-refractivity contribution in [2.75, 3.05) is 13.1 Å². The van der Waals surface area contributed by atoms with Crippen LogP contribution in [0.3, 0.4) is 0 Å². The smallest absolute Gasteiger partial charge is 0.272 e. The maximum absolute atomic E-state index is 13.1. The number of amides is 2. The highest BCUT2D eigenvalue weighted by Gasteiger charge is 2.34. The highest BCUT2D eigenvalue weighted by Crippen LogP contribution is 2.34. The first-order chi connectivity index (χ1) is 14.2. The van der Waals surface area contributed by atoms with Crippen molar-refractivity contribution in [3.8, 4) is 0 Å². The van der Waals surface area contributed by atoms with Crippen molar-refractivity contribution in [3.05, 3.63) is 71.8 Å². The minimum Gasteiger partial charge on any atom is -0.350 e. The Labute approximate surface area is 169 Å². The third kappa shape index (κ3) is 3.39. The first-order valence-corrected chi connectivity index (χ1v) is 10.3. The second kappa shape index (κ2) is 7.35. The van der Waals surface area contributed by atoms with Gasteiger partial charge in [-0.1, -0.05) is 24.3 Å². The third-order valence-corrected chi connectivity index (χ3v) is 5.87. The zero-order valence-corrected chi connectivity index (χ0v) is 16.3. The molecule has 2 aromatic heterocycles. The molecule has 1 saturated heterocycles. The van der Waals surface area contributed by atoms with Gasteiger partial charge in [-0.2, -0.15) is 0 Å². The predicted molar refractivity (Wildman–Crippen MR) is 110 cm³/mol. The number of benzene rings is 1. The Kier molecular flexibility index (Phi) is 4.54. The molecule has 0 unspecified atom stereocenters. The van der Waals surface area contributed by atoms with Gasteiger partial charge in [0.15, 0.2) is 5.69 Å². The molecule has 29 heavy (non-hydrogen) atoms. The first kappa shape index (κ1) is 17.9. The van der Waals surface area contributed by atoms with Crippen LogP contribution in [0.5, 0.6) is 0 Å². The van der Waals surface area contributed by atoms with Gasteiger partial charge in [0.1, 0.15) is 5.82 Å². The average molecular weight is 388 g/mol. The molecule has 1 aliphatic carbocycles. The van der Waals surface area contributed by atoms with E-state index in [1.807, 2.05) is 64.0 Å². The van der Waals surface area contributed by atoms with Crippen LogP contribution < -0.4 is 5.32 Å². The molecule has 148 valence electrons. The lowest BCUT2D eigenvalue weighted by Crippen LogP contribution is -2.31. The summed E-state index contributed by atoms with van der Waals surface area (Å²) in [7, 11) is 0. The van der Waals surface area contributed by atoms with E-state index in [2.05, 4.69) is 5.32 Å². The van der Waals surface area contributed by atoms with E-state index in [0.29, 0.717) is 30.3 Å². The topological polar surface area (TPSA) is 66.7 Å². The van der Waals surface area contributed by atoms with Gasteiger partial charge in [-0.25, -0.2) is 4.98 Å². The molecule has 6 heteroatoms. The molecule has 3 aromatic rings. The largest absolute Gasteiger partial charge is 0.350 e. The average Bonchev–Trinajstić information content (AvgIpc) is 3.33. The molecule has 2 amide bonds. The number of nitrogens with zero attached hydrogens (tertiary/aromatic N) is 3. The summed E-state index contributed by atoms with van der Waals surface area (Å²) in [5, 5.41) is 3.02. The normalized spacial score (nSPS) is 18.9. The summed E-state index contributed by atoms with van der Waals surface area (Å²) >= 11 is 0. The van der Waals surface area contributed by atoms with Crippen molar-refractivity contribution in [2.24, 2.45) is 5.92 Å². The van der Waals surface area contributed by atoms with E-state index in [-0.39, 0.29) is 17.9 Å². The van der Waals surface area contributed by atoms with E-state index < -0.39 is 0 Å². The van der Waals surface area contributed by atoms with Crippen molar-refractivity contribution >= 4 is 17.3 Å². The second-order valence-electron chi connectivity index (χ2n) is 7.95. The quantitative estimate of drug-likeness (QED) is 0.728.